The highest BCUT2D eigenvalue weighted by atomic mass is 16.3. The van der Waals surface area contributed by atoms with Crippen LogP contribution >= 0.6 is 0 Å². The number of nitrogens with zero attached hydrogens (tertiary/aromatic N) is 1. The van der Waals surface area contributed by atoms with E-state index in [1.165, 1.54) is 23.1 Å². The molecular formula is C16H25NO. The molecular weight excluding hydrogens is 222 g/mol. The monoisotopic (exact) mass is 247 g/mol. The van der Waals surface area contributed by atoms with Crippen molar-refractivity contribution in [3.8, 4) is 0 Å². The normalized spacial score (nSPS) is 25.3. The summed E-state index contributed by atoms with van der Waals surface area (Å²) in [6, 6.07) is 6.66. The molecule has 1 heterocycles. The molecule has 1 fully saturated rings. The Labute approximate surface area is 111 Å². The van der Waals surface area contributed by atoms with Crippen LogP contribution in [0.1, 0.15) is 29.5 Å². The second kappa shape index (κ2) is 5.41. The third-order valence-corrected chi connectivity index (χ3v) is 4.25. The quantitative estimate of drug-likeness (QED) is 0.887. The molecule has 0 aliphatic carbocycles. The molecule has 18 heavy (non-hydrogen) atoms. The number of hydrogen-bond donors (Lipinski definition) is 1. The maximum atomic E-state index is 9.84. The van der Waals surface area contributed by atoms with Crippen molar-refractivity contribution in [2.75, 3.05) is 26.7 Å². The van der Waals surface area contributed by atoms with Gasteiger partial charge in [-0.1, -0.05) is 23.8 Å². The number of rotatable bonds is 3. The summed E-state index contributed by atoms with van der Waals surface area (Å²) in [6.45, 7) is 6.78. The van der Waals surface area contributed by atoms with E-state index in [9.17, 15) is 5.11 Å². The molecule has 0 aromatic heterocycles. The molecule has 0 saturated carbocycles. The Morgan fingerprint density at radius 1 is 1.33 bits per heavy atom. The summed E-state index contributed by atoms with van der Waals surface area (Å²) in [6.07, 6.45) is 3.34. The number of aliphatic hydroxyl groups is 1. The van der Waals surface area contributed by atoms with E-state index in [1.54, 1.807) is 0 Å². The highest BCUT2D eigenvalue weighted by molar-refractivity contribution is 5.31. The molecule has 1 N–H and O–H groups in total. The van der Waals surface area contributed by atoms with Crippen LogP contribution in [0.4, 0.5) is 0 Å². The predicted octanol–water partition coefficient (Wildman–Crippen LogP) is 2.55. The van der Waals surface area contributed by atoms with Crippen LogP contribution in [0.25, 0.3) is 0 Å². The maximum Gasteiger partial charge on any atom is 0.0502 e. The third kappa shape index (κ3) is 2.93. The largest absolute Gasteiger partial charge is 0.396 e. The molecule has 0 radical (unpaired) electrons. The van der Waals surface area contributed by atoms with E-state index >= 15 is 0 Å². The summed E-state index contributed by atoms with van der Waals surface area (Å²) >= 11 is 0. The first-order valence-corrected chi connectivity index (χ1v) is 6.90. The number of aryl methyl sites for hydroxylation is 2. The van der Waals surface area contributed by atoms with Gasteiger partial charge in [-0.3, -0.25) is 0 Å². The molecule has 0 amide bonds. The van der Waals surface area contributed by atoms with E-state index in [0.29, 0.717) is 6.61 Å². The molecule has 1 aromatic carbocycles. The Hall–Kier alpha value is -0.860. The molecule has 2 rings (SSSR count). The van der Waals surface area contributed by atoms with Crippen molar-refractivity contribution in [2.45, 2.75) is 33.1 Å². The summed E-state index contributed by atoms with van der Waals surface area (Å²) in [5.41, 5.74) is 4.13. The molecule has 1 saturated heterocycles. The molecule has 1 aliphatic rings. The summed E-state index contributed by atoms with van der Waals surface area (Å²) in [7, 11) is 2.16. The fourth-order valence-electron chi connectivity index (χ4n) is 3.23. The van der Waals surface area contributed by atoms with Gasteiger partial charge in [-0.2, -0.15) is 0 Å². The zero-order valence-electron chi connectivity index (χ0n) is 11.9. The van der Waals surface area contributed by atoms with E-state index in [2.05, 4.69) is 44.0 Å². The van der Waals surface area contributed by atoms with Gasteiger partial charge < -0.3 is 10.0 Å². The number of likely N-dealkylation sites (tertiary alicyclic amines) is 1. The summed E-state index contributed by atoms with van der Waals surface area (Å²) in [4.78, 5) is 2.35. The molecule has 1 unspecified atom stereocenters. The summed E-state index contributed by atoms with van der Waals surface area (Å²) < 4.78 is 0. The van der Waals surface area contributed by atoms with Gasteiger partial charge in [0.2, 0.25) is 0 Å². The smallest absolute Gasteiger partial charge is 0.0502 e. The average molecular weight is 247 g/mol. The summed E-state index contributed by atoms with van der Waals surface area (Å²) in [5, 5.41) is 9.84. The summed E-state index contributed by atoms with van der Waals surface area (Å²) in [5.74, 6) is 0. The second-order valence-corrected chi connectivity index (χ2v) is 6.11. The van der Waals surface area contributed by atoms with Crippen LogP contribution in [0, 0.1) is 19.3 Å². The topological polar surface area (TPSA) is 23.5 Å². The molecule has 0 bridgehead atoms. The van der Waals surface area contributed by atoms with Crippen LogP contribution in [0.5, 0.6) is 0 Å². The highest BCUT2D eigenvalue weighted by Gasteiger charge is 2.34. The lowest BCUT2D eigenvalue weighted by atomic mass is 9.75. The zero-order chi connectivity index (χ0) is 13.2. The van der Waals surface area contributed by atoms with Crippen LogP contribution in [-0.2, 0) is 6.42 Å². The van der Waals surface area contributed by atoms with Gasteiger partial charge in [0.15, 0.2) is 0 Å². The Morgan fingerprint density at radius 3 is 2.72 bits per heavy atom. The SMILES string of the molecule is Cc1ccc(CC2(CO)CCCN(C)C2)c(C)c1. The molecule has 1 atom stereocenters. The number of hydrogen-bond acceptors (Lipinski definition) is 2. The van der Waals surface area contributed by atoms with Gasteiger partial charge in [0.1, 0.15) is 0 Å². The third-order valence-electron chi connectivity index (χ3n) is 4.25. The Balaban J connectivity index is 2.19. The van der Waals surface area contributed by atoms with E-state index in [4.69, 9.17) is 0 Å². The maximum absolute atomic E-state index is 9.84. The lowest BCUT2D eigenvalue weighted by Gasteiger charge is -2.40. The van der Waals surface area contributed by atoms with Crippen LogP contribution in [0.3, 0.4) is 0 Å². The first-order chi connectivity index (χ1) is 8.54. The van der Waals surface area contributed by atoms with Crippen molar-refractivity contribution in [2.24, 2.45) is 5.41 Å². The lowest BCUT2D eigenvalue weighted by molar-refractivity contribution is 0.0438. The minimum atomic E-state index is 0.0625. The fraction of sp³-hybridized carbons (Fsp3) is 0.625. The molecule has 1 aliphatic heterocycles. The number of aliphatic hydroxyl groups excluding tert-OH is 1. The fourth-order valence-corrected chi connectivity index (χ4v) is 3.23. The molecule has 1 aromatic rings. The van der Waals surface area contributed by atoms with Crippen LogP contribution < -0.4 is 0 Å². The van der Waals surface area contributed by atoms with Crippen LogP contribution in [0.2, 0.25) is 0 Å². The van der Waals surface area contributed by atoms with Crippen molar-refractivity contribution >= 4 is 0 Å². The molecule has 2 heteroatoms. The van der Waals surface area contributed by atoms with E-state index in [0.717, 1.165) is 25.9 Å². The van der Waals surface area contributed by atoms with Gasteiger partial charge in [0.25, 0.3) is 0 Å². The highest BCUT2D eigenvalue weighted by Crippen LogP contribution is 2.33. The van der Waals surface area contributed by atoms with Crippen molar-refractivity contribution in [3.05, 3.63) is 34.9 Å². The van der Waals surface area contributed by atoms with Gasteiger partial charge in [-0.15, -0.1) is 0 Å². The van der Waals surface area contributed by atoms with E-state index in [-0.39, 0.29) is 5.41 Å². The molecule has 2 nitrogen and oxygen atoms in total. The van der Waals surface area contributed by atoms with Gasteiger partial charge in [0.05, 0.1) is 6.61 Å². The van der Waals surface area contributed by atoms with Crippen molar-refractivity contribution in [3.63, 3.8) is 0 Å². The average Bonchev–Trinajstić information content (AvgIpc) is 2.33. The minimum absolute atomic E-state index is 0.0625. The van der Waals surface area contributed by atoms with Gasteiger partial charge >= 0.3 is 0 Å². The van der Waals surface area contributed by atoms with E-state index in [1.807, 2.05) is 0 Å². The van der Waals surface area contributed by atoms with Crippen molar-refractivity contribution < 1.29 is 5.11 Å². The van der Waals surface area contributed by atoms with Gasteiger partial charge in [-0.25, -0.2) is 0 Å². The molecule has 0 spiro atoms. The standard InChI is InChI=1S/C16H25NO/c1-13-5-6-15(14(2)9-13)10-16(12-18)7-4-8-17(3)11-16/h5-6,9,18H,4,7-8,10-12H2,1-3H3. The Bertz CT molecular complexity index is 416. The molecule has 100 valence electrons. The van der Waals surface area contributed by atoms with E-state index < -0.39 is 0 Å². The van der Waals surface area contributed by atoms with Crippen LogP contribution in [-0.4, -0.2) is 36.8 Å². The van der Waals surface area contributed by atoms with Gasteiger partial charge in [0, 0.05) is 12.0 Å². The number of piperidine rings is 1. The lowest BCUT2D eigenvalue weighted by Crippen LogP contribution is -2.45. The Morgan fingerprint density at radius 2 is 2.11 bits per heavy atom. The van der Waals surface area contributed by atoms with Crippen LogP contribution in [0.15, 0.2) is 18.2 Å². The van der Waals surface area contributed by atoms with Gasteiger partial charge in [-0.05, 0) is 57.8 Å². The van der Waals surface area contributed by atoms with Crippen molar-refractivity contribution in [1.82, 2.24) is 4.90 Å². The van der Waals surface area contributed by atoms with Crippen molar-refractivity contribution in [1.29, 1.82) is 0 Å². The second-order valence-electron chi connectivity index (χ2n) is 6.11. The predicted molar refractivity (Wildman–Crippen MR) is 75.9 cm³/mol. The number of benzene rings is 1. The minimum Gasteiger partial charge on any atom is -0.396 e. The first-order valence-electron chi connectivity index (χ1n) is 6.90. The zero-order valence-corrected chi connectivity index (χ0v) is 11.9. The Kier molecular flexibility index (Phi) is 4.08. The first kappa shape index (κ1) is 13.6.